The van der Waals surface area contributed by atoms with Crippen LogP contribution < -0.4 is 25.4 Å². The van der Waals surface area contributed by atoms with E-state index in [9.17, 15) is 37.0 Å². The molecule has 0 saturated carbocycles. The van der Waals surface area contributed by atoms with Crippen molar-refractivity contribution in [1.82, 2.24) is 25.5 Å². The van der Waals surface area contributed by atoms with E-state index in [1.807, 2.05) is 0 Å². The van der Waals surface area contributed by atoms with Crippen molar-refractivity contribution in [3.63, 3.8) is 0 Å². The molecule has 5 rings (SSSR count). The number of carbonyl (C=O) groups is 5. The quantitative estimate of drug-likeness (QED) is 0.161. The normalized spacial score (nSPS) is 15.9. The molecule has 4 bridgehead atoms. The molecule has 18 heteroatoms. The van der Waals surface area contributed by atoms with E-state index in [1.54, 1.807) is 26.0 Å². The lowest BCUT2D eigenvalue weighted by atomic mass is 10.0. The summed E-state index contributed by atoms with van der Waals surface area (Å²) in [6.07, 6.45) is 6.81. The van der Waals surface area contributed by atoms with Gasteiger partial charge in [0.1, 0.15) is 41.1 Å². The number of aromatic nitrogens is 2. The molecule has 3 aromatic rings. The predicted molar refractivity (Wildman–Crippen MR) is 207 cm³/mol. The minimum Gasteiger partial charge on any atom is -0.493 e. The van der Waals surface area contributed by atoms with Crippen molar-refractivity contribution in [3.05, 3.63) is 71.9 Å². The second kappa shape index (κ2) is 18.9. The Bertz CT molecular complexity index is 2170. The van der Waals surface area contributed by atoms with Crippen LogP contribution in [-0.4, -0.2) is 86.7 Å². The first-order valence-electron chi connectivity index (χ1n) is 18.4. The van der Waals surface area contributed by atoms with Crippen molar-refractivity contribution in [2.24, 2.45) is 10.3 Å². The van der Waals surface area contributed by atoms with Gasteiger partial charge in [0.2, 0.25) is 17.7 Å². The molecule has 0 fully saturated rings. The Balaban J connectivity index is 1.21. The molecule has 1 unspecified atom stereocenters. The molecule has 0 spiro atoms. The third-order valence-electron chi connectivity index (χ3n) is 8.90. The van der Waals surface area contributed by atoms with Gasteiger partial charge < -0.3 is 25.4 Å². The van der Waals surface area contributed by atoms with Crippen LogP contribution in [0.4, 0.5) is 20.4 Å². The molecule has 5 amide bonds. The van der Waals surface area contributed by atoms with Gasteiger partial charge in [0.15, 0.2) is 0 Å². The molecule has 304 valence electrons. The molecule has 1 aromatic carbocycles. The van der Waals surface area contributed by atoms with E-state index in [4.69, 9.17) is 9.47 Å². The van der Waals surface area contributed by atoms with Gasteiger partial charge in [0, 0.05) is 61.1 Å². The Kier molecular flexibility index (Phi) is 14.1. The highest BCUT2D eigenvalue weighted by molar-refractivity contribution is 7.92. The van der Waals surface area contributed by atoms with E-state index in [2.05, 4.69) is 30.3 Å². The van der Waals surface area contributed by atoms with Crippen molar-refractivity contribution in [2.75, 3.05) is 31.3 Å². The number of nitrogens with zero attached hydrogens (tertiary/aromatic N) is 4. The van der Waals surface area contributed by atoms with Gasteiger partial charge in [0.25, 0.3) is 17.7 Å². The number of ether oxygens (including phenoxy) is 2. The first-order valence-corrected chi connectivity index (χ1v) is 20.5. The maximum atomic E-state index is 15.0. The Morgan fingerprint density at radius 2 is 1.68 bits per heavy atom. The lowest BCUT2D eigenvalue weighted by Gasteiger charge is -2.23. The number of hydrogen-bond donors (Lipinski definition) is 3. The number of unbranched alkanes of at least 4 members (excludes halogenated alkanes) is 2. The van der Waals surface area contributed by atoms with Crippen LogP contribution in [0.25, 0.3) is 11.1 Å². The van der Waals surface area contributed by atoms with Crippen LogP contribution >= 0.6 is 0 Å². The number of benzene rings is 1. The topological polar surface area (TPSA) is 198 Å². The Labute approximate surface area is 329 Å². The predicted octanol–water partition coefficient (Wildman–Crippen LogP) is 4.58. The van der Waals surface area contributed by atoms with Crippen molar-refractivity contribution in [1.29, 1.82) is 0 Å². The first kappa shape index (κ1) is 42.4. The standard InChI is InChI=1S/C39H45F2N7O8S/c1-23(2)37(46-33(49)9-6-5-7-14-48-35(50)12-13-36(48)51)39(53)43-24(3)38(52)47-57(4,54)22-25-17-32-44-31-20-28(29(41)21-42-31)27-11-10-26(40)19-30(27)55-15-8-16-56-34(18-25)45-32/h10-13,17-21,23-24,37H,5-9,14-16,22H2,1-4H3,(H,43,53)(H,46,49)(H,42,44,45)/t24-,37-,57?/m0/s1. The van der Waals surface area contributed by atoms with Gasteiger partial charge in [-0.1, -0.05) is 20.3 Å². The molecule has 3 N–H and O–H groups in total. The second-order valence-corrected chi connectivity index (χ2v) is 16.5. The number of carbonyl (C=O) groups excluding carboxylic acids is 5. The summed E-state index contributed by atoms with van der Waals surface area (Å²) < 4.78 is 58.4. The van der Waals surface area contributed by atoms with Crippen molar-refractivity contribution >= 4 is 50.9 Å². The van der Waals surface area contributed by atoms with Crippen LogP contribution in [0, 0.1) is 17.6 Å². The summed E-state index contributed by atoms with van der Waals surface area (Å²) in [5.41, 5.74) is 0.871. The van der Waals surface area contributed by atoms with Crippen LogP contribution in [0.5, 0.6) is 11.6 Å². The zero-order valence-corrected chi connectivity index (χ0v) is 32.8. The minimum atomic E-state index is -3.24. The number of hydrogen-bond acceptors (Lipinski definition) is 11. The molecule has 0 aliphatic carbocycles. The number of halogens is 2. The Morgan fingerprint density at radius 3 is 2.42 bits per heavy atom. The van der Waals surface area contributed by atoms with Gasteiger partial charge in [-0.2, -0.15) is 9.35 Å². The summed E-state index contributed by atoms with van der Waals surface area (Å²) in [4.78, 5) is 72.1. The van der Waals surface area contributed by atoms with Gasteiger partial charge in [-0.15, -0.1) is 0 Å². The Morgan fingerprint density at radius 1 is 0.947 bits per heavy atom. The van der Waals surface area contributed by atoms with Crippen molar-refractivity contribution in [3.8, 4) is 22.8 Å². The number of fused-ring (bicyclic) bond motifs is 6. The average molecular weight is 810 g/mol. The highest BCUT2D eigenvalue weighted by Gasteiger charge is 2.28. The summed E-state index contributed by atoms with van der Waals surface area (Å²) in [7, 11) is -3.24. The maximum Gasteiger partial charge on any atom is 0.276 e. The molecular weight excluding hydrogens is 765 g/mol. The Hall–Kier alpha value is -5.78. The number of amides is 5. The number of imide groups is 1. The minimum absolute atomic E-state index is 0.113. The van der Waals surface area contributed by atoms with Crippen LogP contribution in [0.2, 0.25) is 0 Å². The molecule has 0 radical (unpaired) electrons. The monoisotopic (exact) mass is 809 g/mol. The highest BCUT2D eigenvalue weighted by atomic mass is 32.2. The fourth-order valence-electron chi connectivity index (χ4n) is 6.02. The number of rotatable bonds is 13. The van der Waals surface area contributed by atoms with E-state index >= 15 is 0 Å². The highest BCUT2D eigenvalue weighted by Crippen LogP contribution is 2.34. The van der Waals surface area contributed by atoms with Gasteiger partial charge in [-0.3, -0.25) is 28.9 Å². The smallest absolute Gasteiger partial charge is 0.276 e. The van der Waals surface area contributed by atoms with Crippen LogP contribution in [-0.2, 0) is 39.5 Å². The second-order valence-electron chi connectivity index (χ2n) is 14.1. The van der Waals surface area contributed by atoms with E-state index in [-0.39, 0.29) is 84.4 Å². The molecule has 2 aromatic heterocycles. The van der Waals surface area contributed by atoms with E-state index in [1.165, 1.54) is 49.6 Å². The number of nitrogens with one attached hydrogen (secondary N) is 3. The largest absolute Gasteiger partial charge is 0.493 e. The fraction of sp³-hybridized carbons (Fsp3) is 0.410. The lowest BCUT2D eigenvalue weighted by molar-refractivity contribution is -0.137. The molecule has 3 atom stereocenters. The number of pyridine rings is 2. The summed E-state index contributed by atoms with van der Waals surface area (Å²) in [5, 5.41) is 8.28. The third kappa shape index (κ3) is 11.9. The summed E-state index contributed by atoms with van der Waals surface area (Å²) in [6.45, 7) is 5.40. The molecule has 2 aliphatic heterocycles. The molecule has 4 heterocycles. The molecule has 15 nitrogen and oxygen atoms in total. The van der Waals surface area contributed by atoms with Crippen molar-refractivity contribution in [2.45, 2.75) is 70.7 Å². The third-order valence-corrected chi connectivity index (χ3v) is 10.3. The van der Waals surface area contributed by atoms with Crippen LogP contribution in [0.15, 0.2) is 59.1 Å². The summed E-state index contributed by atoms with van der Waals surface area (Å²) >= 11 is 0. The average Bonchev–Trinajstić information content (AvgIpc) is 3.46. The molecule has 2 aliphatic rings. The van der Waals surface area contributed by atoms with E-state index < -0.39 is 45.3 Å². The summed E-state index contributed by atoms with van der Waals surface area (Å²) in [5.74, 6) is -3.55. The fourth-order valence-corrected chi connectivity index (χ4v) is 7.41. The summed E-state index contributed by atoms with van der Waals surface area (Å²) in [6, 6.07) is 6.19. The molecule has 0 saturated heterocycles. The maximum absolute atomic E-state index is 15.0. The van der Waals surface area contributed by atoms with Crippen LogP contribution in [0.3, 0.4) is 0 Å². The van der Waals surface area contributed by atoms with Gasteiger partial charge in [-0.25, -0.2) is 18.0 Å². The van der Waals surface area contributed by atoms with E-state index in [0.717, 1.165) is 11.1 Å². The molecule has 57 heavy (non-hydrogen) atoms. The lowest BCUT2D eigenvalue weighted by Crippen LogP contribution is -2.52. The van der Waals surface area contributed by atoms with Crippen LogP contribution in [0.1, 0.15) is 58.4 Å². The van der Waals surface area contributed by atoms with Gasteiger partial charge >= 0.3 is 0 Å². The first-order chi connectivity index (χ1) is 27.1. The van der Waals surface area contributed by atoms with Gasteiger partial charge in [0.05, 0.1) is 34.9 Å². The van der Waals surface area contributed by atoms with Crippen molar-refractivity contribution < 1.29 is 46.4 Å². The van der Waals surface area contributed by atoms with E-state index in [0.29, 0.717) is 36.8 Å². The zero-order chi connectivity index (χ0) is 41.3. The molecular formula is C39H45F2N7O8S. The SMILES string of the molecule is CC(C)[C@H](NC(=O)CCCCCN1C(=O)C=CC1=O)C(=O)N[C@@H](C)C(=O)N=S(C)(=O)Cc1cc2nc(c1)OCCCOc1cc(F)ccc1-c1cc(ncc1F)N2. The zero-order valence-electron chi connectivity index (χ0n) is 32.0. The number of anilines is 2. The van der Waals surface area contributed by atoms with Gasteiger partial charge in [-0.05, 0) is 55.5 Å².